The Bertz CT molecular complexity index is 1460. The molecule has 0 aliphatic carbocycles. The van der Waals surface area contributed by atoms with Crippen molar-refractivity contribution in [2.75, 3.05) is 4.72 Å². The summed E-state index contributed by atoms with van der Waals surface area (Å²) in [6.07, 6.45) is 0. The SMILES string of the molecule is O=C(O)c1cc(-c2ccccc2)c2cccc(NS(=O)(=O)c3cc(F)c(Br)c(F)c3)c2n1. The van der Waals surface area contributed by atoms with Crippen molar-refractivity contribution in [2.45, 2.75) is 4.90 Å². The van der Waals surface area contributed by atoms with Gasteiger partial charge in [-0.2, -0.15) is 0 Å². The first-order chi connectivity index (χ1) is 15.2. The monoisotopic (exact) mass is 518 g/mol. The van der Waals surface area contributed by atoms with Crippen molar-refractivity contribution in [3.63, 3.8) is 0 Å². The number of hydrogen-bond donors (Lipinski definition) is 2. The molecule has 0 saturated heterocycles. The maximum absolute atomic E-state index is 13.9. The van der Waals surface area contributed by atoms with Gasteiger partial charge < -0.3 is 5.11 Å². The Labute approximate surface area is 189 Å². The van der Waals surface area contributed by atoms with Crippen LogP contribution in [0.2, 0.25) is 0 Å². The van der Waals surface area contributed by atoms with Crippen LogP contribution in [0.25, 0.3) is 22.0 Å². The average Bonchev–Trinajstić information content (AvgIpc) is 2.77. The van der Waals surface area contributed by atoms with Gasteiger partial charge in [-0.25, -0.2) is 27.0 Å². The van der Waals surface area contributed by atoms with Crippen LogP contribution in [0, 0.1) is 11.6 Å². The van der Waals surface area contributed by atoms with Crippen LogP contribution < -0.4 is 4.72 Å². The third-order valence-corrected chi connectivity index (χ3v) is 6.76. The van der Waals surface area contributed by atoms with E-state index in [1.165, 1.54) is 12.1 Å². The van der Waals surface area contributed by atoms with Crippen LogP contribution in [0.15, 0.2) is 76.1 Å². The predicted molar refractivity (Wildman–Crippen MR) is 119 cm³/mol. The average molecular weight is 519 g/mol. The fraction of sp³-hybridized carbons (Fsp3) is 0. The molecule has 0 saturated carbocycles. The highest BCUT2D eigenvalue weighted by Crippen LogP contribution is 2.33. The molecule has 0 spiro atoms. The molecular formula is C22H13BrF2N2O4S. The molecule has 0 fully saturated rings. The second kappa shape index (κ2) is 8.29. The van der Waals surface area contributed by atoms with Crippen molar-refractivity contribution >= 4 is 48.5 Å². The molecule has 0 atom stereocenters. The minimum absolute atomic E-state index is 0.0356. The summed E-state index contributed by atoms with van der Waals surface area (Å²) < 4.78 is 55.2. The Balaban J connectivity index is 1.90. The third-order valence-electron chi connectivity index (χ3n) is 4.66. The number of carbonyl (C=O) groups is 1. The smallest absolute Gasteiger partial charge is 0.354 e. The molecule has 0 aliphatic rings. The second-order valence-electron chi connectivity index (χ2n) is 6.73. The lowest BCUT2D eigenvalue weighted by Gasteiger charge is -2.14. The first-order valence-corrected chi connectivity index (χ1v) is 11.3. The van der Waals surface area contributed by atoms with Gasteiger partial charge in [-0.15, -0.1) is 0 Å². The van der Waals surface area contributed by atoms with Gasteiger partial charge in [0, 0.05) is 5.39 Å². The first kappa shape index (κ1) is 21.8. The minimum atomic E-state index is -4.42. The van der Waals surface area contributed by atoms with Crippen LogP contribution in [0.4, 0.5) is 14.5 Å². The maximum atomic E-state index is 13.9. The topological polar surface area (TPSA) is 96.4 Å². The fourth-order valence-electron chi connectivity index (χ4n) is 3.19. The third kappa shape index (κ3) is 4.06. The van der Waals surface area contributed by atoms with E-state index in [4.69, 9.17) is 0 Å². The van der Waals surface area contributed by atoms with E-state index in [9.17, 15) is 27.1 Å². The van der Waals surface area contributed by atoms with E-state index in [1.807, 2.05) is 0 Å². The molecule has 32 heavy (non-hydrogen) atoms. The zero-order valence-corrected chi connectivity index (χ0v) is 18.4. The van der Waals surface area contributed by atoms with Crippen molar-refractivity contribution in [3.8, 4) is 11.1 Å². The fourth-order valence-corrected chi connectivity index (χ4v) is 4.51. The van der Waals surface area contributed by atoms with Crippen LogP contribution >= 0.6 is 15.9 Å². The molecule has 2 N–H and O–H groups in total. The number of aromatic carboxylic acids is 1. The number of fused-ring (bicyclic) bond motifs is 1. The highest BCUT2D eigenvalue weighted by molar-refractivity contribution is 9.10. The number of benzene rings is 3. The van der Waals surface area contributed by atoms with E-state index >= 15 is 0 Å². The van der Waals surface area contributed by atoms with Gasteiger partial charge in [-0.1, -0.05) is 42.5 Å². The van der Waals surface area contributed by atoms with Crippen LogP contribution in [0.1, 0.15) is 10.5 Å². The summed E-state index contributed by atoms with van der Waals surface area (Å²) in [5.41, 5.74) is 0.998. The van der Waals surface area contributed by atoms with Crippen LogP contribution in [-0.4, -0.2) is 24.5 Å². The minimum Gasteiger partial charge on any atom is -0.477 e. The Morgan fingerprint density at radius 2 is 1.62 bits per heavy atom. The zero-order valence-electron chi connectivity index (χ0n) is 16.0. The number of halogens is 3. The van der Waals surface area contributed by atoms with Crippen LogP contribution in [-0.2, 0) is 10.0 Å². The van der Waals surface area contributed by atoms with Crippen molar-refractivity contribution in [3.05, 3.63) is 88.5 Å². The molecular weight excluding hydrogens is 506 g/mol. The molecule has 0 bridgehead atoms. The molecule has 1 aromatic heterocycles. The second-order valence-corrected chi connectivity index (χ2v) is 9.21. The van der Waals surface area contributed by atoms with E-state index in [1.54, 1.807) is 42.5 Å². The molecule has 6 nitrogen and oxygen atoms in total. The Morgan fingerprint density at radius 1 is 0.969 bits per heavy atom. The van der Waals surface area contributed by atoms with Crippen LogP contribution in [0.3, 0.4) is 0 Å². The molecule has 0 radical (unpaired) electrons. The molecule has 10 heteroatoms. The molecule has 0 aliphatic heterocycles. The maximum Gasteiger partial charge on any atom is 0.354 e. The number of aromatic nitrogens is 1. The van der Waals surface area contributed by atoms with Crippen molar-refractivity contribution in [1.82, 2.24) is 4.98 Å². The van der Waals surface area contributed by atoms with E-state index < -0.39 is 37.0 Å². The Morgan fingerprint density at radius 3 is 2.25 bits per heavy atom. The van der Waals surface area contributed by atoms with Gasteiger partial charge in [-0.3, -0.25) is 4.72 Å². The first-order valence-electron chi connectivity index (χ1n) is 9.07. The quantitative estimate of drug-likeness (QED) is 0.343. The number of nitrogens with zero attached hydrogens (tertiary/aromatic N) is 1. The van der Waals surface area contributed by atoms with Gasteiger partial charge in [0.05, 0.1) is 20.6 Å². The van der Waals surface area contributed by atoms with Gasteiger partial charge in [0.1, 0.15) is 17.3 Å². The largest absolute Gasteiger partial charge is 0.477 e. The van der Waals surface area contributed by atoms with E-state index in [0.29, 0.717) is 28.6 Å². The molecule has 3 aromatic carbocycles. The summed E-state index contributed by atoms with van der Waals surface area (Å²) in [7, 11) is -4.42. The highest BCUT2D eigenvalue weighted by atomic mass is 79.9. The lowest BCUT2D eigenvalue weighted by molar-refractivity contribution is 0.0691. The standard InChI is InChI=1S/C22H13BrF2N2O4S/c23-20-16(24)9-13(10-17(20)25)32(30,31)27-18-8-4-7-14-15(12-5-2-1-3-6-12)11-19(22(28)29)26-21(14)18/h1-11,27H,(H,28,29). The number of nitrogens with one attached hydrogen (secondary N) is 1. The van der Waals surface area contributed by atoms with Gasteiger partial charge in [0.2, 0.25) is 0 Å². The van der Waals surface area contributed by atoms with Crippen molar-refractivity contribution in [2.24, 2.45) is 0 Å². The number of carboxylic acids is 1. The molecule has 0 unspecified atom stereocenters. The van der Waals surface area contributed by atoms with Gasteiger partial charge >= 0.3 is 5.97 Å². The van der Waals surface area contributed by atoms with Crippen molar-refractivity contribution < 1.29 is 27.1 Å². The summed E-state index contributed by atoms with van der Waals surface area (Å²) >= 11 is 2.70. The lowest BCUT2D eigenvalue weighted by atomic mass is 9.99. The summed E-state index contributed by atoms with van der Waals surface area (Å²) in [6.45, 7) is 0. The zero-order chi connectivity index (χ0) is 23.0. The summed E-state index contributed by atoms with van der Waals surface area (Å²) in [5, 5.41) is 10.0. The van der Waals surface area contributed by atoms with Gasteiger partial charge in [-0.05, 0) is 51.3 Å². The summed E-state index contributed by atoms with van der Waals surface area (Å²) in [6, 6.07) is 16.3. The number of anilines is 1. The predicted octanol–water partition coefficient (Wildman–Crippen LogP) is 5.44. The van der Waals surface area contributed by atoms with E-state index in [2.05, 4.69) is 25.6 Å². The number of carboxylic acid groups (broad SMARTS) is 1. The molecule has 4 rings (SSSR count). The molecule has 0 amide bonds. The highest BCUT2D eigenvalue weighted by Gasteiger charge is 2.22. The van der Waals surface area contributed by atoms with E-state index in [0.717, 1.165) is 0 Å². The molecule has 1 heterocycles. The Kier molecular flexibility index (Phi) is 5.66. The van der Waals surface area contributed by atoms with Gasteiger partial charge in [0.15, 0.2) is 0 Å². The van der Waals surface area contributed by atoms with Crippen molar-refractivity contribution in [1.29, 1.82) is 0 Å². The number of sulfonamides is 1. The van der Waals surface area contributed by atoms with Crippen LogP contribution in [0.5, 0.6) is 0 Å². The van der Waals surface area contributed by atoms with Gasteiger partial charge in [0.25, 0.3) is 10.0 Å². The van der Waals surface area contributed by atoms with E-state index in [-0.39, 0.29) is 16.9 Å². The molecule has 162 valence electrons. The number of pyridine rings is 1. The number of hydrogen-bond acceptors (Lipinski definition) is 4. The summed E-state index contributed by atoms with van der Waals surface area (Å²) in [4.78, 5) is 15.1. The Hall–Kier alpha value is -3.37. The normalized spacial score (nSPS) is 11.5. The molecule has 4 aromatic rings. The number of para-hydroxylation sites is 1. The number of rotatable bonds is 5. The summed E-state index contributed by atoms with van der Waals surface area (Å²) in [5.74, 6) is -3.46. The lowest BCUT2D eigenvalue weighted by Crippen LogP contribution is -2.14.